The fraction of sp³-hybridized carbons (Fsp3) is 0.769. The van der Waals surface area contributed by atoms with Gasteiger partial charge in [-0.2, -0.15) is 5.10 Å². The first-order chi connectivity index (χ1) is 9.84. The molecule has 1 aliphatic heterocycles. The van der Waals surface area contributed by atoms with E-state index in [1.54, 1.807) is 4.68 Å². The van der Waals surface area contributed by atoms with Crippen LogP contribution < -0.4 is 10.6 Å². The van der Waals surface area contributed by atoms with Crippen LogP contribution in [-0.4, -0.2) is 62.6 Å². The molecular weight excluding hydrogens is 290 g/mol. The van der Waals surface area contributed by atoms with Crippen molar-refractivity contribution in [3.63, 3.8) is 0 Å². The second-order valence-corrected chi connectivity index (χ2v) is 7.63. The lowest BCUT2D eigenvalue weighted by Gasteiger charge is -2.32. The number of nitrogen functional groups attached to an aromatic ring is 1. The van der Waals surface area contributed by atoms with Crippen LogP contribution in [0.1, 0.15) is 19.8 Å². The van der Waals surface area contributed by atoms with Crippen molar-refractivity contribution in [1.29, 1.82) is 0 Å². The zero-order valence-corrected chi connectivity index (χ0v) is 13.9. The third-order valence-corrected chi connectivity index (χ3v) is 4.96. The Morgan fingerprint density at radius 3 is 2.38 bits per heavy atom. The van der Waals surface area contributed by atoms with Gasteiger partial charge in [0.25, 0.3) is 0 Å². The number of piperazine rings is 1. The average Bonchev–Trinajstić information content (AvgIpc) is 2.74. The highest BCUT2D eigenvalue weighted by Gasteiger charge is 2.29. The SMILES string of the molecule is CCCCn1nc(N2CCN(C)CC2)c(S(C)(=O)=O)c1N. The molecule has 8 heteroatoms. The van der Waals surface area contributed by atoms with Crippen LogP contribution in [0.2, 0.25) is 0 Å². The average molecular weight is 315 g/mol. The molecule has 1 saturated heterocycles. The Hall–Kier alpha value is -1.28. The van der Waals surface area contributed by atoms with Crippen LogP contribution in [0, 0.1) is 0 Å². The Morgan fingerprint density at radius 1 is 1.24 bits per heavy atom. The van der Waals surface area contributed by atoms with E-state index in [4.69, 9.17) is 5.73 Å². The quantitative estimate of drug-likeness (QED) is 0.848. The van der Waals surface area contributed by atoms with Crippen LogP contribution in [0.4, 0.5) is 11.6 Å². The molecular formula is C13H25N5O2S. The van der Waals surface area contributed by atoms with Crippen molar-refractivity contribution in [3.05, 3.63) is 0 Å². The molecule has 0 unspecified atom stereocenters. The summed E-state index contributed by atoms with van der Waals surface area (Å²) in [4.78, 5) is 4.42. The minimum Gasteiger partial charge on any atom is -0.383 e. The summed E-state index contributed by atoms with van der Waals surface area (Å²) < 4.78 is 25.8. The summed E-state index contributed by atoms with van der Waals surface area (Å²) in [7, 11) is -1.34. The van der Waals surface area contributed by atoms with Gasteiger partial charge in [0.1, 0.15) is 5.82 Å². The highest BCUT2D eigenvalue weighted by Crippen LogP contribution is 2.30. The summed E-state index contributed by atoms with van der Waals surface area (Å²) in [6.45, 7) is 6.06. The van der Waals surface area contributed by atoms with E-state index < -0.39 is 9.84 Å². The lowest BCUT2D eigenvalue weighted by atomic mass is 10.3. The van der Waals surface area contributed by atoms with Crippen LogP contribution in [0.3, 0.4) is 0 Å². The molecule has 1 aromatic heterocycles. The first-order valence-electron chi connectivity index (χ1n) is 7.34. The zero-order valence-electron chi connectivity index (χ0n) is 13.0. The number of aryl methyl sites for hydroxylation is 1. The van der Waals surface area contributed by atoms with E-state index in [0.717, 1.165) is 39.0 Å². The largest absolute Gasteiger partial charge is 0.383 e. The molecule has 1 fully saturated rings. The maximum absolute atomic E-state index is 12.1. The van der Waals surface area contributed by atoms with Crippen molar-refractivity contribution in [2.75, 3.05) is 50.1 Å². The highest BCUT2D eigenvalue weighted by molar-refractivity contribution is 7.91. The number of sulfone groups is 1. The second-order valence-electron chi connectivity index (χ2n) is 5.68. The Labute approximate surface area is 126 Å². The molecule has 0 aromatic carbocycles. The van der Waals surface area contributed by atoms with Gasteiger partial charge in [0, 0.05) is 39.0 Å². The van der Waals surface area contributed by atoms with Crippen LogP contribution >= 0.6 is 0 Å². The first kappa shape index (κ1) is 16.1. The van der Waals surface area contributed by atoms with Crippen LogP contribution in [0.15, 0.2) is 4.90 Å². The summed E-state index contributed by atoms with van der Waals surface area (Å²) in [5.74, 6) is 0.777. The van der Waals surface area contributed by atoms with E-state index in [0.29, 0.717) is 12.4 Å². The van der Waals surface area contributed by atoms with Crippen molar-refractivity contribution >= 4 is 21.5 Å². The third-order valence-electron chi connectivity index (χ3n) is 3.83. The van der Waals surface area contributed by atoms with Crippen molar-refractivity contribution in [2.24, 2.45) is 0 Å². The van der Waals surface area contributed by atoms with Gasteiger partial charge in [0.2, 0.25) is 0 Å². The normalized spacial score (nSPS) is 17.4. The third kappa shape index (κ3) is 3.49. The van der Waals surface area contributed by atoms with Crippen molar-refractivity contribution in [1.82, 2.24) is 14.7 Å². The number of rotatable bonds is 5. The first-order valence-corrected chi connectivity index (χ1v) is 9.23. The minimum absolute atomic E-state index is 0.183. The lowest BCUT2D eigenvalue weighted by Crippen LogP contribution is -2.45. The number of hydrogen-bond acceptors (Lipinski definition) is 6. The van der Waals surface area contributed by atoms with Gasteiger partial charge < -0.3 is 15.5 Å². The Bertz CT molecular complexity index is 588. The van der Waals surface area contributed by atoms with E-state index >= 15 is 0 Å². The fourth-order valence-corrected chi connectivity index (χ4v) is 3.49. The number of hydrogen-bond donors (Lipinski definition) is 1. The lowest BCUT2D eigenvalue weighted by molar-refractivity contribution is 0.311. The molecule has 1 aromatic rings. The molecule has 0 spiro atoms. The molecule has 21 heavy (non-hydrogen) atoms. The highest BCUT2D eigenvalue weighted by atomic mass is 32.2. The van der Waals surface area contributed by atoms with Gasteiger partial charge in [-0.05, 0) is 13.5 Å². The van der Waals surface area contributed by atoms with Gasteiger partial charge in [-0.15, -0.1) is 0 Å². The van der Waals surface area contributed by atoms with E-state index in [2.05, 4.69) is 24.0 Å². The summed E-state index contributed by atoms with van der Waals surface area (Å²) in [5.41, 5.74) is 6.05. The standard InChI is InChI=1S/C13H25N5O2S/c1-4-5-6-18-12(14)11(21(3,19)20)13(15-18)17-9-7-16(2)8-10-17/h4-10,14H2,1-3H3. The molecule has 0 bridgehead atoms. The molecule has 120 valence electrons. The predicted octanol–water partition coefficient (Wildman–Crippen LogP) is 0.421. The molecule has 2 N–H and O–H groups in total. The summed E-state index contributed by atoms with van der Waals surface area (Å²) in [6, 6.07) is 0. The Balaban J connectivity index is 2.39. The molecule has 7 nitrogen and oxygen atoms in total. The van der Waals surface area contributed by atoms with Gasteiger partial charge in [-0.1, -0.05) is 13.3 Å². The van der Waals surface area contributed by atoms with Crippen molar-refractivity contribution in [3.8, 4) is 0 Å². The fourth-order valence-electron chi connectivity index (χ4n) is 2.50. The summed E-state index contributed by atoms with van der Waals surface area (Å²) >= 11 is 0. The smallest absolute Gasteiger partial charge is 0.182 e. The number of nitrogens with zero attached hydrogens (tertiary/aromatic N) is 4. The van der Waals surface area contributed by atoms with Gasteiger partial charge in [0.05, 0.1) is 0 Å². The molecule has 0 saturated carbocycles. The topological polar surface area (TPSA) is 84.5 Å². The zero-order chi connectivity index (χ0) is 15.6. The number of unbranched alkanes of at least 4 members (excludes halogenated alkanes) is 1. The number of aromatic nitrogens is 2. The molecule has 0 amide bonds. The maximum Gasteiger partial charge on any atom is 0.182 e. The molecule has 0 aliphatic carbocycles. The van der Waals surface area contributed by atoms with E-state index in [1.807, 2.05) is 4.90 Å². The minimum atomic E-state index is -3.39. The Kier molecular flexibility index (Phi) is 4.77. The van der Waals surface area contributed by atoms with Crippen molar-refractivity contribution < 1.29 is 8.42 Å². The summed E-state index contributed by atoms with van der Waals surface area (Å²) in [6.07, 6.45) is 3.14. The number of nitrogens with two attached hydrogens (primary N) is 1. The van der Waals surface area contributed by atoms with Gasteiger partial charge in [0.15, 0.2) is 20.6 Å². The number of likely N-dealkylation sites (N-methyl/N-ethyl adjacent to an activating group) is 1. The van der Waals surface area contributed by atoms with Crippen molar-refractivity contribution in [2.45, 2.75) is 31.2 Å². The van der Waals surface area contributed by atoms with Gasteiger partial charge >= 0.3 is 0 Å². The molecule has 0 radical (unpaired) electrons. The molecule has 1 aliphatic rings. The molecule has 0 atom stereocenters. The van der Waals surface area contributed by atoms with E-state index in [1.165, 1.54) is 6.26 Å². The second kappa shape index (κ2) is 6.23. The van der Waals surface area contributed by atoms with Gasteiger partial charge in [-0.25, -0.2) is 13.1 Å². The number of anilines is 2. The monoisotopic (exact) mass is 315 g/mol. The predicted molar refractivity (Wildman–Crippen MR) is 84.4 cm³/mol. The van der Waals surface area contributed by atoms with Crippen LogP contribution in [-0.2, 0) is 16.4 Å². The van der Waals surface area contributed by atoms with Crippen LogP contribution in [0.25, 0.3) is 0 Å². The Morgan fingerprint density at radius 2 is 1.86 bits per heavy atom. The summed E-state index contributed by atoms with van der Waals surface area (Å²) in [5, 5.41) is 4.48. The van der Waals surface area contributed by atoms with Gasteiger partial charge in [-0.3, -0.25) is 0 Å². The van der Waals surface area contributed by atoms with E-state index in [9.17, 15) is 8.42 Å². The van der Waals surface area contributed by atoms with Crippen LogP contribution in [0.5, 0.6) is 0 Å². The van der Waals surface area contributed by atoms with E-state index in [-0.39, 0.29) is 10.7 Å². The molecule has 2 heterocycles. The molecule has 2 rings (SSSR count). The maximum atomic E-state index is 12.1.